The van der Waals surface area contributed by atoms with Crippen LogP contribution in [0.25, 0.3) is 0 Å². The van der Waals surface area contributed by atoms with E-state index in [-0.39, 0.29) is 16.4 Å². The Kier molecular flexibility index (Phi) is 5.03. The molecule has 0 spiro atoms. The molecule has 8 heavy (non-hydrogen) atoms. The zero-order valence-electron chi connectivity index (χ0n) is 5.54. The van der Waals surface area contributed by atoms with Crippen LogP contribution < -0.4 is 6.15 Å². The van der Waals surface area contributed by atoms with Crippen LogP contribution in [0.4, 0.5) is 0 Å². The predicted octanol–water partition coefficient (Wildman–Crippen LogP) is 3.00. The van der Waals surface area contributed by atoms with Crippen LogP contribution in [0.1, 0.15) is 20.8 Å². The molecule has 0 heterocycles. The lowest BCUT2D eigenvalue weighted by Gasteiger charge is -2.18. The Labute approximate surface area is 60.9 Å². The number of hydrogen-bond donors (Lipinski definition) is 1. The first kappa shape index (κ1) is 11.4. The summed E-state index contributed by atoms with van der Waals surface area (Å²) in [6, 6.07) is 0. The van der Waals surface area contributed by atoms with Crippen molar-refractivity contribution in [3.8, 4) is 0 Å². The Hall–Kier alpha value is 0.540. The normalized spacial score (nSPS) is 11.2. The van der Waals surface area contributed by atoms with Crippen LogP contribution in [0.5, 0.6) is 0 Å². The SMILES string of the molecule is CC(C)(C)C(Cl)Cl.N. The highest BCUT2D eigenvalue weighted by Gasteiger charge is 2.18. The van der Waals surface area contributed by atoms with Gasteiger partial charge in [0.05, 0.1) is 0 Å². The quantitative estimate of drug-likeness (QED) is 0.540. The zero-order valence-corrected chi connectivity index (χ0v) is 7.05. The molecule has 3 heteroatoms. The van der Waals surface area contributed by atoms with Gasteiger partial charge in [0, 0.05) is 0 Å². The van der Waals surface area contributed by atoms with Crippen molar-refractivity contribution >= 4 is 23.2 Å². The van der Waals surface area contributed by atoms with Crippen molar-refractivity contribution in [2.24, 2.45) is 5.41 Å². The highest BCUT2D eigenvalue weighted by atomic mass is 35.5. The van der Waals surface area contributed by atoms with Crippen LogP contribution in [0.15, 0.2) is 0 Å². The second kappa shape index (κ2) is 3.54. The number of hydrogen-bond acceptors (Lipinski definition) is 1. The fourth-order valence-corrected chi connectivity index (χ4v) is 0. The predicted molar refractivity (Wildman–Crippen MR) is 40.0 cm³/mol. The molecule has 0 aliphatic heterocycles. The third-order valence-corrected chi connectivity index (χ3v) is 1.96. The molecule has 0 rings (SSSR count). The van der Waals surface area contributed by atoms with Gasteiger partial charge in [-0.05, 0) is 5.41 Å². The average molecular weight is 158 g/mol. The van der Waals surface area contributed by atoms with Crippen LogP contribution in [-0.2, 0) is 0 Å². The van der Waals surface area contributed by atoms with Gasteiger partial charge in [-0.1, -0.05) is 20.8 Å². The van der Waals surface area contributed by atoms with Crippen molar-refractivity contribution in [3.05, 3.63) is 0 Å². The summed E-state index contributed by atoms with van der Waals surface area (Å²) >= 11 is 11.0. The Morgan fingerprint density at radius 3 is 1.25 bits per heavy atom. The van der Waals surface area contributed by atoms with Crippen molar-refractivity contribution in [2.45, 2.75) is 25.6 Å². The van der Waals surface area contributed by atoms with Gasteiger partial charge in [0.15, 0.2) is 0 Å². The highest BCUT2D eigenvalue weighted by Crippen LogP contribution is 2.26. The summed E-state index contributed by atoms with van der Waals surface area (Å²) in [5, 5.41) is 0. The van der Waals surface area contributed by atoms with Gasteiger partial charge in [0.1, 0.15) is 4.84 Å². The Morgan fingerprint density at radius 2 is 1.25 bits per heavy atom. The van der Waals surface area contributed by atoms with E-state index in [1.54, 1.807) is 0 Å². The third-order valence-electron chi connectivity index (χ3n) is 0.655. The molecule has 0 aromatic heterocycles. The van der Waals surface area contributed by atoms with Gasteiger partial charge in [-0.2, -0.15) is 0 Å². The van der Waals surface area contributed by atoms with Crippen LogP contribution in [0, 0.1) is 5.41 Å². The maximum atomic E-state index is 5.52. The molecule has 0 saturated carbocycles. The van der Waals surface area contributed by atoms with Crippen molar-refractivity contribution in [3.63, 3.8) is 0 Å². The maximum absolute atomic E-state index is 5.52. The Balaban J connectivity index is 0. The minimum atomic E-state index is -0.257. The molecule has 0 radical (unpaired) electrons. The lowest BCUT2D eigenvalue weighted by atomic mass is 10.0. The summed E-state index contributed by atoms with van der Waals surface area (Å²) in [6.07, 6.45) is 0. The van der Waals surface area contributed by atoms with Crippen LogP contribution >= 0.6 is 23.2 Å². The molecule has 0 aromatic carbocycles. The maximum Gasteiger partial charge on any atom is 0.112 e. The molecule has 0 aromatic rings. The summed E-state index contributed by atoms with van der Waals surface area (Å²) in [4.78, 5) is -0.257. The molecule has 0 unspecified atom stereocenters. The first-order chi connectivity index (χ1) is 2.94. The molecule has 0 aliphatic carbocycles. The lowest BCUT2D eigenvalue weighted by molar-refractivity contribution is 0.451. The first-order valence-electron chi connectivity index (χ1n) is 2.23. The fourth-order valence-electron chi connectivity index (χ4n) is 0. The summed E-state index contributed by atoms with van der Waals surface area (Å²) in [5.41, 5.74) is 0.0309. The fraction of sp³-hybridized carbons (Fsp3) is 1.00. The molecule has 0 fully saturated rings. The summed E-state index contributed by atoms with van der Waals surface area (Å²) in [6.45, 7) is 5.99. The van der Waals surface area contributed by atoms with E-state index in [4.69, 9.17) is 23.2 Å². The zero-order chi connectivity index (χ0) is 6.08. The van der Waals surface area contributed by atoms with E-state index in [9.17, 15) is 0 Å². The molecule has 0 atom stereocenters. The second-order valence-electron chi connectivity index (χ2n) is 2.67. The van der Waals surface area contributed by atoms with Crippen LogP contribution in [-0.4, -0.2) is 4.84 Å². The first-order valence-corrected chi connectivity index (χ1v) is 3.10. The summed E-state index contributed by atoms with van der Waals surface area (Å²) in [5.74, 6) is 0. The number of halogens is 2. The largest absolute Gasteiger partial charge is 0.344 e. The molecule has 0 saturated heterocycles. The van der Waals surface area contributed by atoms with E-state index in [0.29, 0.717) is 0 Å². The summed E-state index contributed by atoms with van der Waals surface area (Å²) < 4.78 is 0. The van der Waals surface area contributed by atoms with E-state index in [2.05, 4.69) is 0 Å². The van der Waals surface area contributed by atoms with E-state index in [1.165, 1.54) is 0 Å². The smallest absolute Gasteiger partial charge is 0.112 e. The van der Waals surface area contributed by atoms with Crippen LogP contribution in [0.2, 0.25) is 0 Å². The van der Waals surface area contributed by atoms with Gasteiger partial charge >= 0.3 is 0 Å². The van der Waals surface area contributed by atoms with Crippen LogP contribution in [0.3, 0.4) is 0 Å². The number of rotatable bonds is 0. The molecule has 52 valence electrons. The van der Waals surface area contributed by atoms with E-state index >= 15 is 0 Å². The molecular formula is C5H13Cl2N. The van der Waals surface area contributed by atoms with Gasteiger partial charge in [-0.25, -0.2) is 0 Å². The van der Waals surface area contributed by atoms with Crippen molar-refractivity contribution < 1.29 is 0 Å². The van der Waals surface area contributed by atoms with Gasteiger partial charge in [0.25, 0.3) is 0 Å². The van der Waals surface area contributed by atoms with Gasteiger partial charge in [-0.3, -0.25) is 0 Å². The monoisotopic (exact) mass is 157 g/mol. The van der Waals surface area contributed by atoms with Gasteiger partial charge in [0.2, 0.25) is 0 Å². The van der Waals surface area contributed by atoms with Crippen molar-refractivity contribution in [2.75, 3.05) is 0 Å². The molecule has 3 N–H and O–H groups in total. The molecule has 0 amide bonds. The van der Waals surface area contributed by atoms with Crippen molar-refractivity contribution in [1.82, 2.24) is 6.15 Å². The van der Waals surface area contributed by atoms with E-state index in [1.807, 2.05) is 20.8 Å². The van der Waals surface area contributed by atoms with E-state index in [0.717, 1.165) is 0 Å². The molecule has 1 nitrogen and oxygen atoms in total. The minimum Gasteiger partial charge on any atom is -0.344 e. The Morgan fingerprint density at radius 1 is 1.12 bits per heavy atom. The minimum absolute atomic E-state index is 0. The number of alkyl halides is 2. The van der Waals surface area contributed by atoms with E-state index < -0.39 is 0 Å². The standard InChI is InChI=1S/C5H10Cl2.H3N/c1-5(2,3)4(6)7;/h4H,1-3H3;1H3. The molecular weight excluding hydrogens is 145 g/mol. The topological polar surface area (TPSA) is 35.0 Å². The molecule has 0 bridgehead atoms. The lowest BCUT2D eigenvalue weighted by Crippen LogP contribution is -2.13. The Bertz CT molecular complexity index is 55.9. The van der Waals surface area contributed by atoms with Gasteiger partial charge < -0.3 is 6.15 Å². The summed E-state index contributed by atoms with van der Waals surface area (Å²) in [7, 11) is 0. The highest BCUT2D eigenvalue weighted by molar-refractivity contribution is 6.44. The molecule has 0 aliphatic rings. The third kappa shape index (κ3) is 4.69. The average Bonchev–Trinajstić information content (AvgIpc) is 1.31. The second-order valence-corrected chi connectivity index (χ2v) is 3.76. The van der Waals surface area contributed by atoms with Crippen molar-refractivity contribution in [1.29, 1.82) is 0 Å². The van der Waals surface area contributed by atoms with Gasteiger partial charge in [-0.15, -0.1) is 23.2 Å².